The lowest BCUT2D eigenvalue weighted by Crippen LogP contribution is -2.40. The normalized spacial score (nSPS) is 16.9. The number of carbonyl (C=O) groups is 1. The number of nitrogens with one attached hydrogen (secondary N) is 1. The Bertz CT molecular complexity index is 1010. The van der Waals surface area contributed by atoms with Crippen LogP contribution in [0.3, 0.4) is 0 Å². The average molecular weight is 406 g/mol. The Hall–Kier alpha value is -3.39. The van der Waals surface area contributed by atoms with E-state index in [1.54, 1.807) is 30.6 Å². The first kappa shape index (κ1) is 19.9. The SMILES string of the molecule is Nc1ncc(-c2ccc([C@@H]3CCCN(CC(=O)Nc4ccccc4F)C3)nc2)cn1. The van der Waals surface area contributed by atoms with E-state index < -0.39 is 5.82 Å². The van der Waals surface area contributed by atoms with Gasteiger partial charge in [0.1, 0.15) is 5.82 Å². The molecule has 1 aliphatic rings. The number of hydrogen-bond donors (Lipinski definition) is 2. The largest absolute Gasteiger partial charge is 0.368 e. The predicted octanol–water partition coefficient (Wildman–Crippen LogP) is 3.08. The van der Waals surface area contributed by atoms with Gasteiger partial charge >= 0.3 is 0 Å². The highest BCUT2D eigenvalue weighted by atomic mass is 19.1. The number of rotatable bonds is 5. The van der Waals surface area contributed by atoms with Gasteiger partial charge < -0.3 is 11.1 Å². The number of aromatic nitrogens is 3. The summed E-state index contributed by atoms with van der Waals surface area (Å²) in [6, 6.07) is 10.2. The fourth-order valence-corrected chi connectivity index (χ4v) is 3.70. The van der Waals surface area contributed by atoms with Gasteiger partial charge in [0.05, 0.1) is 12.2 Å². The van der Waals surface area contributed by atoms with E-state index in [2.05, 4.69) is 25.2 Å². The first-order valence-electron chi connectivity index (χ1n) is 9.89. The number of piperidine rings is 1. The molecular weight excluding hydrogens is 383 g/mol. The number of nitrogens with zero attached hydrogens (tertiary/aromatic N) is 4. The van der Waals surface area contributed by atoms with E-state index in [9.17, 15) is 9.18 Å². The van der Waals surface area contributed by atoms with Crippen LogP contribution >= 0.6 is 0 Å². The highest BCUT2D eigenvalue weighted by Gasteiger charge is 2.24. The van der Waals surface area contributed by atoms with Crippen molar-refractivity contribution in [2.45, 2.75) is 18.8 Å². The molecule has 0 spiro atoms. The summed E-state index contributed by atoms with van der Waals surface area (Å²) >= 11 is 0. The third kappa shape index (κ3) is 4.77. The van der Waals surface area contributed by atoms with Gasteiger partial charge in [-0.2, -0.15) is 0 Å². The predicted molar refractivity (Wildman–Crippen MR) is 113 cm³/mol. The minimum atomic E-state index is -0.432. The molecule has 1 atom stereocenters. The first-order chi connectivity index (χ1) is 14.6. The Balaban J connectivity index is 1.37. The van der Waals surface area contributed by atoms with E-state index in [1.807, 2.05) is 18.3 Å². The molecule has 3 heterocycles. The standard InChI is InChI=1S/C22H23FN6O/c23-18-5-1-2-6-20(18)28-21(30)14-29-9-3-4-16(13-29)19-8-7-15(10-25-19)17-11-26-22(24)27-12-17/h1-2,5-8,10-12,16H,3-4,9,13-14H2,(H,28,30)(H2,24,26,27)/t16-/m1/s1. The second-order valence-corrected chi connectivity index (χ2v) is 7.40. The zero-order chi connectivity index (χ0) is 20.9. The molecule has 1 fully saturated rings. The van der Waals surface area contributed by atoms with Crippen LogP contribution in [0.2, 0.25) is 0 Å². The topological polar surface area (TPSA) is 97.0 Å². The molecule has 0 bridgehead atoms. The number of nitrogen functional groups attached to an aromatic ring is 1. The number of pyridine rings is 1. The number of carbonyl (C=O) groups excluding carboxylic acids is 1. The zero-order valence-corrected chi connectivity index (χ0v) is 16.5. The lowest BCUT2D eigenvalue weighted by Gasteiger charge is -2.32. The number of amides is 1. The Morgan fingerprint density at radius 3 is 2.60 bits per heavy atom. The van der Waals surface area contributed by atoms with Gasteiger partial charge in [-0.25, -0.2) is 14.4 Å². The summed E-state index contributed by atoms with van der Waals surface area (Å²) in [5, 5.41) is 2.65. The molecule has 4 rings (SSSR count). The number of para-hydroxylation sites is 1. The van der Waals surface area contributed by atoms with Gasteiger partial charge in [0.25, 0.3) is 0 Å². The van der Waals surface area contributed by atoms with E-state index in [0.717, 1.165) is 42.8 Å². The molecule has 3 aromatic rings. The maximum atomic E-state index is 13.7. The van der Waals surface area contributed by atoms with Crippen LogP contribution in [-0.4, -0.2) is 45.4 Å². The van der Waals surface area contributed by atoms with Gasteiger partial charge in [-0.1, -0.05) is 18.2 Å². The van der Waals surface area contributed by atoms with Gasteiger partial charge in [-0.3, -0.25) is 14.7 Å². The fraction of sp³-hybridized carbons (Fsp3) is 0.273. The molecule has 1 aromatic carbocycles. The van der Waals surface area contributed by atoms with Gasteiger partial charge in [0.15, 0.2) is 0 Å². The Morgan fingerprint density at radius 2 is 1.87 bits per heavy atom. The van der Waals surface area contributed by atoms with Gasteiger partial charge in [0, 0.05) is 47.9 Å². The van der Waals surface area contributed by atoms with Crippen LogP contribution in [0.5, 0.6) is 0 Å². The van der Waals surface area contributed by atoms with Crippen molar-refractivity contribution in [2.75, 3.05) is 30.7 Å². The molecule has 0 radical (unpaired) electrons. The van der Waals surface area contributed by atoms with E-state index >= 15 is 0 Å². The number of halogens is 1. The van der Waals surface area contributed by atoms with E-state index in [1.165, 1.54) is 6.07 Å². The Morgan fingerprint density at radius 1 is 1.10 bits per heavy atom. The molecule has 0 aliphatic carbocycles. The van der Waals surface area contributed by atoms with Gasteiger partial charge in [-0.05, 0) is 37.6 Å². The summed E-state index contributed by atoms with van der Waals surface area (Å²) in [4.78, 5) is 27.1. The Kier molecular flexibility index (Phi) is 5.94. The van der Waals surface area contributed by atoms with E-state index in [4.69, 9.17) is 5.73 Å². The molecule has 2 aromatic heterocycles. The zero-order valence-electron chi connectivity index (χ0n) is 16.5. The fourth-order valence-electron chi connectivity index (χ4n) is 3.70. The van der Waals surface area contributed by atoms with Crippen molar-refractivity contribution in [3.8, 4) is 11.1 Å². The molecule has 7 nitrogen and oxygen atoms in total. The number of hydrogen-bond acceptors (Lipinski definition) is 6. The molecule has 8 heteroatoms. The second kappa shape index (κ2) is 8.96. The van der Waals surface area contributed by atoms with Gasteiger partial charge in [-0.15, -0.1) is 0 Å². The summed E-state index contributed by atoms with van der Waals surface area (Å²) in [5.74, 6) is -0.160. The van der Waals surface area contributed by atoms with Crippen LogP contribution in [0.1, 0.15) is 24.5 Å². The quantitative estimate of drug-likeness (QED) is 0.676. The van der Waals surface area contributed by atoms with Crippen molar-refractivity contribution in [3.05, 3.63) is 66.5 Å². The van der Waals surface area contributed by atoms with Crippen molar-refractivity contribution >= 4 is 17.5 Å². The maximum absolute atomic E-state index is 13.7. The van der Waals surface area contributed by atoms with Crippen LogP contribution in [0.4, 0.5) is 16.0 Å². The minimum absolute atomic E-state index is 0.208. The van der Waals surface area contributed by atoms with E-state index in [-0.39, 0.29) is 30.0 Å². The maximum Gasteiger partial charge on any atom is 0.238 e. The summed E-state index contributed by atoms with van der Waals surface area (Å²) in [7, 11) is 0. The average Bonchev–Trinajstić information content (AvgIpc) is 2.76. The molecule has 1 saturated heterocycles. The van der Waals surface area contributed by atoms with Crippen molar-refractivity contribution in [1.29, 1.82) is 0 Å². The molecule has 0 unspecified atom stereocenters. The third-order valence-electron chi connectivity index (χ3n) is 5.23. The number of anilines is 2. The van der Waals surface area contributed by atoms with Crippen LogP contribution in [0, 0.1) is 5.82 Å². The molecule has 30 heavy (non-hydrogen) atoms. The highest BCUT2D eigenvalue weighted by Crippen LogP contribution is 2.27. The number of likely N-dealkylation sites (tertiary alicyclic amines) is 1. The van der Waals surface area contributed by atoms with Crippen LogP contribution in [0.15, 0.2) is 55.0 Å². The molecule has 3 N–H and O–H groups in total. The Labute approximate surface area is 174 Å². The van der Waals surface area contributed by atoms with Crippen molar-refractivity contribution in [3.63, 3.8) is 0 Å². The lowest BCUT2D eigenvalue weighted by atomic mass is 9.94. The van der Waals surface area contributed by atoms with Crippen LogP contribution in [0.25, 0.3) is 11.1 Å². The molecular formula is C22H23FN6O. The third-order valence-corrected chi connectivity index (χ3v) is 5.23. The summed E-state index contributed by atoms with van der Waals surface area (Å²) in [5.41, 5.74) is 8.52. The van der Waals surface area contributed by atoms with Crippen molar-refractivity contribution in [2.24, 2.45) is 0 Å². The van der Waals surface area contributed by atoms with Crippen LogP contribution in [-0.2, 0) is 4.79 Å². The van der Waals surface area contributed by atoms with Gasteiger partial charge in [0.2, 0.25) is 11.9 Å². The van der Waals surface area contributed by atoms with E-state index in [0.29, 0.717) is 0 Å². The molecule has 154 valence electrons. The monoisotopic (exact) mass is 406 g/mol. The first-order valence-corrected chi connectivity index (χ1v) is 9.89. The summed E-state index contributed by atoms with van der Waals surface area (Å²) in [6.45, 7) is 1.80. The smallest absolute Gasteiger partial charge is 0.238 e. The summed E-state index contributed by atoms with van der Waals surface area (Å²) in [6.07, 6.45) is 7.16. The van der Waals surface area contributed by atoms with Crippen LogP contribution < -0.4 is 11.1 Å². The molecule has 0 saturated carbocycles. The molecule has 1 amide bonds. The minimum Gasteiger partial charge on any atom is -0.368 e. The van der Waals surface area contributed by atoms with Crippen molar-refractivity contribution < 1.29 is 9.18 Å². The highest BCUT2D eigenvalue weighted by molar-refractivity contribution is 5.92. The molecule has 1 aliphatic heterocycles. The number of nitrogens with two attached hydrogens (primary N) is 1. The summed E-state index contributed by atoms with van der Waals surface area (Å²) < 4.78 is 13.7. The second-order valence-electron chi connectivity index (χ2n) is 7.40. The lowest BCUT2D eigenvalue weighted by molar-refractivity contribution is -0.117. The van der Waals surface area contributed by atoms with Crippen molar-refractivity contribution in [1.82, 2.24) is 19.9 Å². The number of benzene rings is 1.